The standard InChI is InChI=1S/C13H22BrFO4/c1-3-18-11(16)13(15,12(17)19-4-2)9-7-5-6-8-10-14/h3-10H2,1-2H3. The van der Waals surface area contributed by atoms with Crippen LogP contribution in [0.25, 0.3) is 0 Å². The lowest BCUT2D eigenvalue weighted by Crippen LogP contribution is -2.45. The highest BCUT2D eigenvalue weighted by molar-refractivity contribution is 9.09. The summed E-state index contributed by atoms with van der Waals surface area (Å²) in [6, 6.07) is 0. The SMILES string of the molecule is CCOC(=O)C(F)(CCCCCCBr)C(=O)OCC. The van der Waals surface area contributed by atoms with Gasteiger partial charge in [0.1, 0.15) is 0 Å². The molecule has 0 saturated heterocycles. The molecule has 0 radical (unpaired) electrons. The smallest absolute Gasteiger partial charge is 0.355 e. The van der Waals surface area contributed by atoms with Gasteiger partial charge < -0.3 is 9.47 Å². The molecular weight excluding hydrogens is 319 g/mol. The number of esters is 2. The average molecular weight is 341 g/mol. The van der Waals surface area contributed by atoms with Crippen LogP contribution < -0.4 is 0 Å². The van der Waals surface area contributed by atoms with Crippen LogP contribution >= 0.6 is 15.9 Å². The summed E-state index contributed by atoms with van der Waals surface area (Å²) in [5.41, 5.74) is -2.67. The molecule has 6 heteroatoms. The second kappa shape index (κ2) is 10.2. The van der Waals surface area contributed by atoms with Gasteiger partial charge in [-0.3, -0.25) is 0 Å². The van der Waals surface area contributed by atoms with Crippen LogP contribution in [0.3, 0.4) is 0 Å². The number of rotatable bonds is 10. The molecule has 4 nitrogen and oxygen atoms in total. The van der Waals surface area contributed by atoms with Gasteiger partial charge in [-0.1, -0.05) is 28.8 Å². The molecule has 112 valence electrons. The van der Waals surface area contributed by atoms with Gasteiger partial charge in [-0.2, -0.15) is 0 Å². The van der Waals surface area contributed by atoms with Crippen LogP contribution in [0.5, 0.6) is 0 Å². The number of ether oxygens (including phenoxy) is 2. The lowest BCUT2D eigenvalue weighted by molar-refractivity contribution is -0.175. The van der Waals surface area contributed by atoms with Gasteiger partial charge in [0.2, 0.25) is 0 Å². The van der Waals surface area contributed by atoms with Crippen molar-refractivity contribution in [2.45, 2.75) is 51.6 Å². The zero-order valence-corrected chi connectivity index (χ0v) is 13.1. The van der Waals surface area contributed by atoms with E-state index >= 15 is 0 Å². The van der Waals surface area contributed by atoms with E-state index in [-0.39, 0.29) is 19.6 Å². The molecule has 0 spiro atoms. The first-order valence-electron chi connectivity index (χ1n) is 6.62. The number of carbonyl (C=O) groups is 2. The molecule has 0 fully saturated rings. The molecule has 0 aromatic carbocycles. The van der Waals surface area contributed by atoms with Crippen molar-refractivity contribution in [3.8, 4) is 0 Å². The van der Waals surface area contributed by atoms with Crippen molar-refractivity contribution in [1.82, 2.24) is 0 Å². The largest absolute Gasteiger partial charge is 0.463 e. The van der Waals surface area contributed by atoms with E-state index in [9.17, 15) is 14.0 Å². The third-order valence-corrected chi connectivity index (χ3v) is 3.16. The minimum atomic E-state index is -2.67. The van der Waals surface area contributed by atoms with Gasteiger partial charge in [-0.05, 0) is 26.7 Å². The lowest BCUT2D eigenvalue weighted by atomic mass is 9.97. The van der Waals surface area contributed by atoms with E-state index in [4.69, 9.17) is 0 Å². The predicted molar refractivity (Wildman–Crippen MR) is 74.0 cm³/mol. The Morgan fingerprint density at radius 1 is 1.00 bits per heavy atom. The summed E-state index contributed by atoms with van der Waals surface area (Å²) in [5, 5.41) is 0.892. The maximum atomic E-state index is 14.5. The molecule has 0 aliphatic rings. The normalized spacial score (nSPS) is 11.2. The molecule has 0 heterocycles. The second-order valence-corrected chi connectivity index (χ2v) is 4.89. The third-order valence-electron chi connectivity index (χ3n) is 2.60. The van der Waals surface area contributed by atoms with E-state index < -0.39 is 17.6 Å². The van der Waals surface area contributed by atoms with E-state index in [1.807, 2.05) is 0 Å². The molecule has 0 aliphatic carbocycles. The fourth-order valence-corrected chi connectivity index (χ4v) is 1.99. The Hall–Kier alpha value is -0.650. The van der Waals surface area contributed by atoms with Gasteiger partial charge in [0.15, 0.2) is 0 Å². The number of hydrogen-bond donors (Lipinski definition) is 0. The summed E-state index contributed by atoms with van der Waals surface area (Å²) in [4.78, 5) is 23.2. The van der Waals surface area contributed by atoms with E-state index in [0.717, 1.165) is 24.6 Å². The maximum absolute atomic E-state index is 14.5. The molecule has 0 bridgehead atoms. The van der Waals surface area contributed by atoms with Gasteiger partial charge in [0, 0.05) is 11.8 Å². The van der Waals surface area contributed by atoms with Crippen molar-refractivity contribution >= 4 is 27.9 Å². The molecule has 0 unspecified atom stereocenters. The highest BCUT2D eigenvalue weighted by Gasteiger charge is 2.49. The highest BCUT2D eigenvalue weighted by atomic mass is 79.9. The molecule has 0 amide bonds. The molecule has 0 atom stereocenters. The van der Waals surface area contributed by atoms with Crippen LogP contribution in [0.1, 0.15) is 46.0 Å². The summed E-state index contributed by atoms with van der Waals surface area (Å²) in [5.74, 6) is -2.29. The highest BCUT2D eigenvalue weighted by Crippen LogP contribution is 2.24. The Morgan fingerprint density at radius 2 is 1.47 bits per heavy atom. The number of alkyl halides is 2. The van der Waals surface area contributed by atoms with Crippen molar-refractivity contribution in [2.75, 3.05) is 18.5 Å². The van der Waals surface area contributed by atoms with Crippen molar-refractivity contribution in [2.24, 2.45) is 0 Å². The number of hydrogen-bond acceptors (Lipinski definition) is 4. The van der Waals surface area contributed by atoms with Gasteiger partial charge in [0.25, 0.3) is 0 Å². The molecule has 0 aromatic heterocycles. The van der Waals surface area contributed by atoms with E-state index in [1.54, 1.807) is 13.8 Å². The lowest BCUT2D eigenvalue weighted by Gasteiger charge is -2.21. The zero-order valence-electron chi connectivity index (χ0n) is 11.5. The minimum absolute atomic E-state index is 0.0352. The van der Waals surface area contributed by atoms with Crippen LogP contribution in [-0.2, 0) is 19.1 Å². The number of halogens is 2. The Kier molecular flexibility index (Phi) is 9.83. The third kappa shape index (κ3) is 6.36. The number of unbranched alkanes of at least 4 members (excludes halogenated alkanes) is 3. The molecule has 0 aromatic rings. The van der Waals surface area contributed by atoms with E-state index in [0.29, 0.717) is 6.42 Å². The minimum Gasteiger partial charge on any atom is -0.463 e. The summed E-state index contributed by atoms with van der Waals surface area (Å²) in [7, 11) is 0. The van der Waals surface area contributed by atoms with Crippen molar-refractivity contribution in [1.29, 1.82) is 0 Å². The fraction of sp³-hybridized carbons (Fsp3) is 0.846. The van der Waals surface area contributed by atoms with E-state index in [1.165, 1.54) is 0 Å². The summed E-state index contributed by atoms with van der Waals surface area (Å²) in [6.45, 7) is 3.21. The zero-order chi connectivity index (χ0) is 14.7. The first kappa shape index (κ1) is 18.4. The van der Waals surface area contributed by atoms with Crippen LogP contribution in [0.15, 0.2) is 0 Å². The van der Waals surface area contributed by atoms with Gasteiger partial charge in [-0.15, -0.1) is 0 Å². The Bertz CT molecular complexity index is 266. The monoisotopic (exact) mass is 340 g/mol. The summed E-state index contributed by atoms with van der Waals surface area (Å²) in [6.07, 6.45) is 2.93. The van der Waals surface area contributed by atoms with Crippen LogP contribution in [0, 0.1) is 0 Å². The van der Waals surface area contributed by atoms with Gasteiger partial charge >= 0.3 is 17.6 Å². The summed E-state index contributed by atoms with van der Waals surface area (Å²) < 4.78 is 23.8. The fourth-order valence-electron chi connectivity index (χ4n) is 1.60. The molecule has 0 rings (SSSR count). The molecule has 0 N–H and O–H groups in total. The Labute approximate surface area is 122 Å². The average Bonchev–Trinajstić information content (AvgIpc) is 2.38. The molecule has 0 aliphatic heterocycles. The Morgan fingerprint density at radius 3 is 1.89 bits per heavy atom. The molecular formula is C13H22BrFO4. The molecule has 0 saturated carbocycles. The predicted octanol–water partition coefficient (Wildman–Crippen LogP) is 3.17. The topological polar surface area (TPSA) is 52.6 Å². The maximum Gasteiger partial charge on any atom is 0.355 e. The van der Waals surface area contributed by atoms with Crippen LogP contribution in [0.2, 0.25) is 0 Å². The summed E-state index contributed by atoms with van der Waals surface area (Å²) >= 11 is 3.31. The van der Waals surface area contributed by atoms with Crippen LogP contribution in [-0.4, -0.2) is 36.2 Å². The first-order valence-corrected chi connectivity index (χ1v) is 7.74. The second-order valence-electron chi connectivity index (χ2n) is 4.10. The molecule has 19 heavy (non-hydrogen) atoms. The van der Waals surface area contributed by atoms with E-state index in [2.05, 4.69) is 25.4 Å². The van der Waals surface area contributed by atoms with Gasteiger partial charge in [0.05, 0.1) is 13.2 Å². The van der Waals surface area contributed by atoms with Crippen molar-refractivity contribution in [3.05, 3.63) is 0 Å². The number of carbonyl (C=O) groups excluding carboxylic acids is 2. The quantitative estimate of drug-likeness (QED) is 0.265. The van der Waals surface area contributed by atoms with Crippen LogP contribution in [0.4, 0.5) is 4.39 Å². The Balaban J connectivity index is 4.49. The first-order chi connectivity index (χ1) is 9.02. The van der Waals surface area contributed by atoms with Crippen molar-refractivity contribution < 1.29 is 23.5 Å². The van der Waals surface area contributed by atoms with Gasteiger partial charge in [-0.25, -0.2) is 14.0 Å². The van der Waals surface area contributed by atoms with Crippen molar-refractivity contribution in [3.63, 3.8) is 0 Å².